The first kappa shape index (κ1) is 25.5. The van der Waals surface area contributed by atoms with Gasteiger partial charge < -0.3 is 20.3 Å². The number of benzene rings is 2. The Bertz CT molecular complexity index is 1430. The molecule has 196 valence electrons. The molecular formula is C30H35N7O. The molecule has 8 heteroatoms. The van der Waals surface area contributed by atoms with E-state index in [1.807, 2.05) is 59.3 Å². The number of likely N-dealkylation sites (tertiary alicyclic amines) is 1. The van der Waals surface area contributed by atoms with E-state index in [1.165, 1.54) is 6.33 Å². The van der Waals surface area contributed by atoms with Gasteiger partial charge in [0, 0.05) is 36.9 Å². The number of aromatic nitrogens is 4. The van der Waals surface area contributed by atoms with Crippen LogP contribution in [-0.2, 0) is 0 Å². The topological polar surface area (TPSA) is 85.3 Å². The van der Waals surface area contributed by atoms with Crippen LogP contribution in [-0.4, -0.2) is 62.3 Å². The largest absolute Gasteiger partial charge is 0.457 e. The van der Waals surface area contributed by atoms with Crippen molar-refractivity contribution in [2.45, 2.75) is 32.4 Å². The Kier molecular flexibility index (Phi) is 7.42. The predicted octanol–water partition coefficient (Wildman–Crippen LogP) is 5.52. The number of fused-ring (bicyclic) bond motifs is 1. The van der Waals surface area contributed by atoms with Crippen molar-refractivity contribution in [3.63, 3.8) is 0 Å². The summed E-state index contributed by atoms with van der Waals surface area (Å²) < 4.78 is 7.97. The molecule has 0 bridgehead atoms. The van der Waals surface area contributed by atoms with Gasteiger partial charge in [-0.3, -0.25) is 0 Å². The zero-order chi connectivity index (χ0) is 26.6. The summed E-state index contributed by atoms with van der Waals surface area (Å²) in [6, 6.07) is 18.3. The van der Waals surface area contributed by atoms with Crippen molar-refractivity contribution in [3.8, 4) is 22.8 Å². The number of para-hydroxylation sites is 1. The van der Waals surface area contributed by atoms with E-state index in [9.17, 15) is 0 Å². The summed E-state index contributed by atoms with van der Waals surface area (Å²) in [5.41, 5.74) is 9.83. The lowest BCUT2D eigenvalue weighted by atomic mass is 10.1. The number of nitrogens with two attached hydrogens (primary N) is 1. The Morgan fingerprint density at radius 3 is 2.61 bits per heavy atom. The average molecular weight is 510 g/mol. The number of ether oxygens (including phenoxy) is 1. The fourth-order valence-electron chi connectivity index (χ4n) is 4.63. The van der Waals surface area contributed by atoms with E-state index in [0.29, 0.717) is 11.9 Å². The molecule has 38 heavy (non-hydrogen) atoms. The van der Waals surface area contributed by atoms with E-state index in [4.69, 9.17) is 15.6 Å². The normalized spacial score (nSPS) is 15.8. The summed E-state index contributed by atoms with van der Waals surface area (Å²) in [5.74, 6) is 1.98. The summed E-state index contributed by atoms with van der Waals surface area (Å²) in [5, 5.41) is 5.80. The van der Waals surface area contributed by atoms with Crippen molar-refractivity contribution in [2.24, 2.45) is 0 Å². The highest BCUT2D eigenvalue weighted by atomic mass is 16.5. The molecule has 1 saturated heterocycles. The third-order valence-electron chi connectivity index (χ3n) is 7.13. The van der Waals surface area contributed by atoms with Crippen molar-refractivity contribution >= 4 is 16.9 Å². The third kappa shape index (κ3) is 5.40. The first-order chi connectivity index (χ1) is 18.4. The van der Waals surface area contributed by atoms with Crippen LogP contribution in [0.5, 0.6) is 11.5 Å². The molecular weight excluding hydrogens is 474 g/mol. The molecule has 2 N–H and O–H groups in total. The number of rotatable bonds is 9. The molecule has 1 aliphatic rings. The van der Waals surface area contributed by atoms with Crippen LogP contribution in [0.2, 0.25) is 0 Å². The van der Waals surface area contributed by atoms with Crippen LogP contribution in [0.25, 0.3) is 22.3 Å². The molecule has 2 aromatic carbocycles. The van der Waals surface area contributed by atoms with Gasteiger partial charge in [0.1, 0.15) is 29.3 Å². The van der Waals surface area contributed by atoms with Gasteiger partial charge in [-0.25, -0.2) is 14.6 Å². The maximum atomic E-state index is 6.35. The van der Waals surface area contributed by atoms with Crippen LogP contribution in [0.4, 0.5) is 5.82 Å². The summed E-state index contributed by atoms with van der Waals surface area (Å²) >= 11 is 0. The monoisotopic (exact) mass is 509 g/mol. The van der Waals surface area contributed by atoms with Gasteiger partial charge >= 0.3 is 0 Å². The molecule has 1 unspecified atom stereocenters. The molecule has 3 heterocycles. The Labute approximate surface area is 224 Å². The maximum absolute atomic E-state index is 6.35. The van der Waals surface area contributed by atoms with Crippen molar-refractivity contribution in [2.75, 3.05) is 32.4 Å². The van der Waals surface area contributed by atoms with Gasteiger partial charge in [0.15, 0.2) is 5.65 Å². The Morgan fingerprint density at radius 1 is 1.13 bits per heavy atom. The molecule has 0 amide bonds. The molecule has 8 nitrogen and oxygen atoms in total. The van der Waals surface area contributed by atoms with E-state index < -0.39 is 0 Å². The Morgan fingerprint density at radius 2 is 1.87 bits per heavy atom. The van der Waals surface area contributed by atoms with E-state index in [0.717, 1.165) is 65.5 Å². The van der Waals surface area contributed by atoms with E-state index in [-0.39, 0.29) is 6.04 Å². The minimum atomic E-state index is 0.157. The molecule has 5 rings (SSSR count). The fourth-order valence-corrected chi connectivity index (χ4v) is 4.63. The van der Waals surface area contributed by atoms with Crippen molar-refractivity contribution in [1.29, 1.82) is 0 Å². The van der Waals surface area contributed by atoms with Gasteiger partial charge in [0.2, 0.25) is 0 Å². The lowest BCUT2D eigenvalue weighted by Crippen LogP contribution is -2.26. The van der Waals surface area contributed by atoms with E-state index in [2.05, 4.69) is 59.4 Å². The molecule has 0 saturated carbocycles. The second-order valence-corrected chi connectivity index (χ2v) is 10.0. The summed E-state index contributed by atoms with van der Waals surface area (Å²) in [7, 11) is 2.13. The predicted molar refractivity (Wildman–Crippen MR) is 153 cm³/mol. The fraction of sp³-hybridized carbons (Fsp3) is 0.300. The Hall–Kier alpha value is -4.17. The zero-order valence-electron chi connectivity index (χ0n) is 22.3. The molecule has 0 spiro atoms. The smallest absolute Gasteiger partial charge is 0.164 e. The van der Waals surface area contributed by atoms with Crippen molar-refractivity contribution < 1.29 is 4.74 Å². The maximum Gasteiger partial charge on any atom is 0.164 e. The van der Waals surface area contributed by atoms with E-state index >= 15 is 0 Å². The second kappa shape index (κ2) is 11.1. The van der Waals surface area contributed by atoms with Gasteiger partial charge in [-0.1, -0.05) is 30.9 Å². The molecule has 1 aliphatic heterocycles. The molecule has 1 fully saturated rings. The molecule has 0 aliphatic carbocycles. The number of nitrogen functional groups attached to an aromatic ring is 1. The number of likely N-dealkylation sites (N-methyl/N-ethyl adjacent to an activating group) is 1. The lowest BCUT2D eigenvalue weighted by molar-refractivity contribution is 0.303. The highest BCUT2D eigenvalue weighted by molar-refractivity contribution is 5.98. The lowest BCUT2D eigenvalue weighted by Gasteiger charge is -2.21. The summed E-state index contributed by atoms with van der Waals surface area (Å²) in [4.78, 5) is 13.4. The van der Waals surface area contributed by atoms with Gasteiger partial charge in [0.25, 0.3) is 0 Å². The Balaban J connectivity index is 1.36. The van der Waals surface area contributed by atoms with Crippen LogP contribution in [0.15, 0.2) is 85.4 Å². The molecule has 2 aromatic heterocycles. The first-order valence-corrected chi connectivity index (χ1v) is 13.0. The standard InChI is InChI=1S/C30H35N7O/c1-21(2)35(4)17-8-9-22(3)36-18-16-24(19-36)37-30-27(29(31)32-20-33-30)28(34-37)23-12-14-26(15-13-23)38-25-10-6-5-7-11-25/h5-15,20-21,24H,3,16-19H2,1-2,4H3,(H2,31,32,33). The van der Waals surface area contributed by atoms with Gasteiger partial charge in [0.05, 0.1) is 11.4 Å². The minimum absolute atomic E-state index is 0.157. The quantitative estimate of drug-likeness (QED) is 0.297. The second-order valence-electron chi connectivity index (χ2n) is 10.0. The number of nitrogens with zero attached hydrogens (tertiary/aromatic N) is 6. The van der Waals surface area contributed by atoms with Gasteiger partial charge in [-0.05, 0) is 69.8 Å². The molecule has 1 atom stereocenters. The highest BCUT2D eigenvalue weighted by Gasteiger charge is 2.28. The molecule has 0 radical (unpaired) electrons. The van der Waals surface area contributed by atoms with Crippen LogP contribution in [0.3, 0.4) is 0 Å². The van der Waals surface area contributed by atoms with E-state index in [1.54, 1.807) is 0 Å². The van der Waals surface area contributed by atoms with Crippen LogP contribution < -0.4 is 10.5 Å². The number of hydrogen-bond acceptors (Lipinski definition) is 7. The van der Waals surface area contributed by atoms with Gasteiger partial charge in [-0.2, -0.15) is 5.10 Å². The third-order valence-corrected chi connectivity index (χ3v) is 7.13. The first-order valence-electron chi connectivity index (χ1n) is 13.0. The number of allylic oxidation sites excluding steroid dienone is 1. The molecule has 4 aromatic rings. The zero-order valence-corrected chi connectivity index (χ0v) is 22.3. The van der Waals surface area contributed by atoms with Crippen LogP contribution >= 0.6 is 0 Å². The van der Waals surface area contributed by atoms with Crippen molar-refractivity contribution in [3.05, 3.63) is 85.4 Å². The summed E-state index contributed by atoms with van der Waals surface area (Å²) in [6.07, 6.45) is 6.75. The minimum Gasteiger partial charge on any atom is -0.457 e. The van der Waals surface area contributed by atoms with Crippen molar-refractivity contribution in [1.82, 2.24) is 29.5 Å². The average Bonchev–Trinajstić information content (AvgIpc) is 3.56. The number of anilines is 1. The number of hydrogen-bond donors (Lipinski definition) is 1. The summed E-state index contributed by atoms with van der Waals surface area (Å²) in [6.45, 7) is 11.3. The highest BCUT2D eigenvalue weighted by Crippen LogP contribution is 2.35. The van der Waals surface area contributed by atoms with Crippen LogP contribution in [0, 0.1) is 0 Å². The van der Waals surface area contributed by atoms with Gasteiger partial charge in [-0.15, -0.1) is 0 Å². The van der Waals surface area contributed by atoms with Crippen LogP contribution in [0.1, 0.15) is 26.3 Å². The SMILES string of the molecule is C=C(C=CCN(C)C(C)C)N1CCC(n2nc(-c3ccc(Oc4ccccc4)cc3)c3c(N)ncnc32)C1.